The minimum atomic E-state index is 0.696. The van der Waals surface area contributed by atoms with Crippen molar-refractivity contribution in [1.29, 1.82) is 0 Å². The summed E-state index contributed by atoms with van der Waals surface area (Å²) in [7, 11) is 0. The van der Waals surface area contributed by atoms with Crippen LogP contribution in [-0.2, 0) is 0 Å². The molecule has 0 N–H and O–H groups in total. The molecule has 0 saturated carbocycles. The zero-order valence-electron chi connectivity index (χ0n) is 14.5. The third-order valence-corrected chi connectivity index (χ3v) is 5.37. The molecular formula is C22H15Cl3N2. The van der Waals surface area contributed by atoms with Gasteiger partial charge in [-0.25, -0.2) is 4.68 Å². The summed E-state index contributed by atoms with van der Waals surface area (Å²) < 4.78 is 1.92. The Hall–Kier alpha value is -2.26. The van der Waals surface area contributed by atoms with Gasteiger partial charge in [-0.2, -0.15) is 5.10 Å². The van der Waals surface area contributed by atoms with Crippen LogP contribution in [0.25, 0.3) is 28.2 Å². The van der Waals surface area contributed by atoms with Crippen molar-refractivity contribution in [3.63, 3.8) is 0 Å². The van der Waals surface area contributed by atoms with Crippen LogP contribution in [0, 0.1) is 6.92 Å². The molecule has 3 aromatic carbocycles. The summed E-state index contributed by atoms with van der Waals surface area (Å²) >= 11 is 18.4. The van der Waals surface area contributed by atoms with Gasteiger partial charge in [0.25, 0.3) is 0 Å². The second-order valence-corrected chi connectivity index (χ2v) is 7.50. The van der Waals surface area contributed by atoms with E-state index < -0.39 is 0 Å². The molecule has 4 aromatic rings. The van der Waals surface area contributed by atoms with Gasteiger partial charge < -0.3 is 0 Å². The van der Waals surface area contributed by atoms with Crippen molar-refractivity contribution < 1.29 is 0 Å². The average molecular weight is 414 g/mol. The van der Waals surface area contributed by atoms with E-state index in [1.54, 1.807) is 0 Å². The molecule has 1 heterocycles. The molecular weight excluding hydrogens is 399 g/mol. The molecule has 0 saturated heterocycles. The number of halogens is 3. The zero-order valence-corrected chi connectivity index (χ0v) is 16.7. The second kappa shape index (κ2) is 7.40. The quantitative estimate of drug-likeness (QED) is 0.340. The predicted octanol–water partition coefficient (Wildman–Crippen LogP) is 7.47. The van der Waals surface area contributed by atoms with Gasteiger partial charge in [-0.15, -0.1) is 0 Å². The van der Waals surface area contributed by atoms with Crippen molar-refractivity contribution in [3.05, 3.63) is 93.4 Å². The van der Waals surface area contributed by atoms with Crippen LogP contribution in [-0.4, -0.2) is 9.78 Å². The lowest BCUT2D eigenvalue weighted by Crippen LogP contribution is -2.02. The highest BCUT2D eigenvalue weighted by atomic mass is 35.5. The highest BCUT2D eigenvalue weighted by molar-refractivity contribution is 6.31. The third kappa shape index (κ3) is 3.61. The number of hydrogen-bond acceptors (Lipinski definition) is 1. The first kappa shape index (κ1) is 18.1. The molecule has 0 spiro atoms. The summed E-state index contributed by atoms with van der Waals surface area (Å²) in [5.41, 5.74) is 5.74. The number of benzene rings is 3. The van der Waals surface area contributed by atoms with E-state index in [1.807, 2.05) is 78.3 Å². The highest BCUT2D eigenvalue weighted by Crippen LogP contribution is 2.32. The van der Waals surface area contributed by atoms with Crippen molar-refractivity contribution in [1.82, 2.24) is 9.78 Å². The molecule has 0 fully saturated rings. The summed E-state index contributed by atoms with van der Waals surface area (Å²) in [6, 6.07) is 23.3. The Morgan fingerprint density at radius 3 is 1.96 bits per heavy atom. The van der Waals surface area contributed by atoms with E-state index in [0.29, 0.717) is 15.1 Å². The van der Waals surface area contributed by atoms with Gasteiger partial charge in [0.1, 0.15) is 0 Å². The highest BCUT2D eigenvalue weighted by Gasteiger charge is 2.15. The molecule has 0 radical (unpaired) electrons. The largest absolute Gasteiger partial charge is 0.232 e. The van der Waals surface area contributed by atoms with Crippen LogP contribution in [0.2, 0.25) is 15.1 Å². The summed E-state index contributed by atoms with van der Waals surface area (Å²) in [6.45, 7) is 1.99. The van der Waals surface area contributed by atoms with E-state index in [0.717, 1.165) is 33.8 Å². The zero-order chi connectivity index (χ0) is 19.0. The Morgan fingerprint density at radius 2 is 1.33 bits per heavy atom. The SMILES string of the molecule is Cc1c(Cl)cccc1-n1nc(-c2ccc(Cl)cc2)cc1-c1ccc(Cl)cc1. The van der Waals surface area contributed by atoms with Crippen LogP contribution in [0.1, 0.15) is 5.56 Å². The first-order chi connectivity index (χ1) is 13.0. The Bertz CT molecular complexity index is 1100. The maximum Gasteiger partial charge on any atom is 0.0934 e. The lowest BCUT2D eigenvalue weighted by molar-refractivity contribution is 0.884. The Labute approximate surface area is 172 Å². The Morgan fingerprint density at radius 1 is 0.741 bits per heavy atom. The summed E-state index contributed by atoms with van der Waals surface area (Å²) in [6.07, 6.45) is 0. The molecule has 0 aliphatic carbocycles. The van der Waals surface area contributed by atoms with E-state index in [9.17, 15) is 0 Å². The number of aromatic nitrogens is 2. The van der Waals surface area contributed by atoms with E-state index in [4.69, 9.17) is 39.9 Å². The number of hydrogen-bond donors (Lipinski definition) is 0. The monoisotopic (exact) mass is 412 g/mol. The Balaban J connectivity index is 1.93. The summed E-state index contributed by atoms with van der Waals surface area (Å²) in [5.74, 6) is 0. The predicted molar refractivity (Wildman–Crippen MR) is 114 cm³/mol. The maximum absolute atomic E-state index is 6.35. The van der Waals surface area contributed by atoms with Crippen molar-refractivity contribution in [2.24, 2.45) is 0 Å². The van der Waals surface area contributed by atoms with Gasteiger partial charge in [-0.1, -0.05) is 65.1 Å². The lowest BCUT2D eigenvalue weighted by Gasteiger charge is -2.11. The van der Waals surface area contributed by atoms with Crippen LogP contribution in [0.15, 0.2) is 72.8 Å². The molecule has 134 valence electrons. The van der Waals surface area contributed by atoms with E-state index >= 15 is 0 Å². The Kier molecular flexibility index (Phi) is 4.96. The van der Waals surface area contributed by atoms with Crippen LogP contribution in [0.3, 0.4) is 0 Å². The first-order valence-electron chi connectivity index (χ1n) is 8.40. The van der Waals surface area contributed by atoms with Crippen LogP contribution in [0.5, 0.6) is 0 Å². The van der Waals surface area contributed by atoms with Crippen molar-refractivity contribution in [3.8, 4) is 28.2 Å². The lowest BCUT2D eigenvalue weighted by atomic mass is 10.1. The molecule has 0 aliphatic heterocycles. The topological polar surface area (TPSA) is 17.8 Å². The second-order valence-electron chi connectivity index (χ2n) is 6.22. The minimum Gasteiger partial charge on any atom is -0.232 e. The van der Waals surface area contributed by atoms with Crippen LogP contribution < -0.4 is 0 Å². The van der Waals surface area contributed by atoms with Gasteiger partial charge in [0.2, 0.25) is 0 Å². The van der Waals surface area contributed by atoms with E-state index in [1.165, 1.54) is 0 Å². The molecule has 4 rings (SSSR count). The van der Waals surface area contributed by atoms with Crippen LogP contribution in [0.4, 0.5) is 0 Å². The average Bonchev–Trinajstić information content (AvgIpc) is 3.10. The van der Waals surface area contributed by atoms with Gasteiger partial charge in [0, 0.05) is 26.2 Å². The van der Waals surface area contributed by atoms with Gasteiger partial charge >= 0.3 is 0 Å². The van der Waals surface area contributed by atoms with E-state index in [2.05, 4.69) is 6.07 Å². The first-order valence-corrected chi connectivity index (χ1v) is 9.54. The molecule has 0 amide bonds. The molecule has 2 nitrogen and oxygen atoms in total. The summed E-state index contributed by atoms with van der Waals surface area (Å²) in [5, 5.41) is 6.96. The van der Waals surface area contributed by atoms with Crippen LogP contribution >= 0.6 is 34.8 Å². The van der Waals surface area contributed by atoms with Crippen molar-refractivity contribution in [2.45, 2.75) is 6.92 Å². The van der Waals surface area contributed by atoms with Gasteiger partial charge in [-0.05, 0) is 55.0 Å². The number of rotatable bonds is 3. The smallest absolute Gasteiger partial charge is 0.0934 e. The van der Waals surface area contributed by atoms with Gasteiger partial charge in [-0.3, -0.25) is 0 Å². The molecule has 0 bridgehead atoms. The fraction of sp³-hybridized carbons (Fsp3) is 0.0455. The molecule has 5 heteroatoms. The maximum atomic E-state index is 6.35. The fourth-order valence-corrected chi connectivity index (χ4v) is 3.40. The van der Waals surface area contributed by atoms with Crippen molar-refractivity contribution in [2.75, 3.05) is 0 Å². The van der Waals surface area contributed by atoms with Crippen molar-refractivity contribution >= 4 is 34.8 Å². The summed E-state index contributed by atoms with van der Waals surface area (Å²) in [4.78, 5) is 0. The fourth-order valence-electron chi connectivity index (χ4n) is 2.98. The van der Waals surface area contributed by atoms with E-state index in [-0.39, 0.29) is 0 Å². The number of nitrogens with zero attached hydrogens (tertiary/aromatic N) is 2. The minimum absolute atomic E-state index is 0.696. The van der Waals surface area contributed by atoms with Gasteiger partial charge in [0.05, 0.1) is 17.1 Å². The molecule has 0 aliphatic rings. The molecule has 0 atom stereocenters. The molecule has 0 unspecified atom stereocenters. The van der Waals surface area contributed by atoms with Gasteiger partial charge in [0.15, 0.2) is 0 Å². The third-order valence-electron chi connectivity index (χ3n) is 4.46. The molecule has 27 heavy (non-hydrogen) atoms. The normalized spacial score (nSPS) is 11.0. The standard InChI is InChI=1S/C22H15Cl3N2/c1-14-19(25)3-2-4-21(14)27-22(16-7-11-18(24)12-8-16)13-20(26-27)15-5-9-17(23)10-6-15/h2-13H,1H3. The molecule has 1 aromatic heterocycles.